The molecule has 3 atom stereocenters. The van der Waals surface area contributed by atoms with E-state index in [-0.39, 0.29) is 35.8 Å². The van der Waals surface area contributed by atoms with E-state index in [0.717, 1.165) is 11.3 Å². The van der Waals surface area contributed by atoms with E-state index in [1.807, 2.05) is 73.6 Å². The maximum absolute atomic E-state index is 12.8. The predicted molar refractivity (Wildman–Crippen MR) is 131 cm³/mol. The Morgan fingerprint density at radius 2 is 1.82 bits per heavy atom. The molecule has 0 bridgehead atoms. The zero-order valence-corrected chi connectivity index (χ0v) is 19.8. The van der Waals surface area contributed by atoms with Gasteiger partial charge in [-0.25, -0.2) is 0 Å². The fourth-order valence-electron chi connectivity index (χ4n) is 4.71. The van der Waals surface area contributed by atoms with Gasteiger partial charge in [-0.05, 0) is 42.7 Å². The maximum atomic E-state index is 12.8. The maximum Gasteiger partial charge on any atom is 0.251 e. The van der Waals surface area contributed by atoms with Crippen molar-refractivity contribution < 1.29 is 14.4 Å². The number of amides is 3. The van der Waals surface area contributed by atoms with Gasteiger partial charge in [0.1, 0.15) is 0 Å². The topological polar surface area (TPSA) is 93.8 Å². The van der Waals surface area contributed by atoms with E-state index < -0.39 is 0 Å². The number of nitrogens with one attached hydrogen (secondary N) is 3. The number of carbonyl (C=O) groups is 3. The number of benzene rings is 2. The van der Waals surface area contributed by atoms with Crippen LogP contribution in [-0.2, 0) is 16.1 Å². The number of fused-ring (bicyclic) bond motifs is 1. The van der Waals surface area contributed by atoms with Crippen molar-refractivity contribution >= 4 is 23.4 Å². The first kappa shape index (κ1) is 23.8. The Balaban J connectivity index is 1.29. The highest BCUT2D eigenvalue weighted by Crippen LogP contribution is 2.26. The third kappa shape index (κ3) is 5.75. The van der Waals surface area contributed by atoms with Gasteiger partial charge in [-0.1, -0.05) is 30.3 Å². The monoisotopic (exact) mass is 463 g/mol. The molecular formula is C26H33N5O3. The quantitative estimate of drug-likeness (QED) is 0.552. The van der Waals surface area contributed by atoms with Crippen LogP contribution in [0.3, 0.4) is 0 Å². The molecule has 0 spiro atoms. The average Bonchev–Trinajstić information content (AvgIpc) is 3.27. The predicted octanol–water partition coefficient (Wildman–Crippen LogP) is 1.52. The van der Waals surface area contributed by atoms with Gasteiger partial charge in [0.25, 0.3) is 5.91 Å². The average molecular weight is 464 g/mol. The highest BCUT2D eigenvalue weighted by molar-refractivity contribution is 5.95. The largest absolute Gasteiger partial charge is 0.378 e. The van der Waals surface area contributed by atoms with Gasteiger partial charge in [-0.2, -0.15) is 0 Å². The molecule has 2 heterocycles. The second-order valence-corrected chi connectivity index (χ2v) is 9.26. The van der Waals surface area contributed by atoms with Crippen molar-refractivity contribution in [2.24, 2.45) is 0 Å². The summed E-state index contributed by atoms with van der Waals surface area (Å²) in [7, 11) is 3.91. The van der Waals surface area contributed by atoms with E-state index >= 15 is 0 Å². The molecule has 2 aromatic rings. The Bertz CT molecular complexity index is 1010. The number of nitrogens with zero attached hydrogens (tertiary/aromatic N) is 2. The third-order valence-electron chi connectivity index (χ3n) is 6.64. The summed E-state index contributed by atoms with van der Waals surface area (Å²) in [5, 5.41) is 9.04. The third-order valence-corrected chi connectivity index (χ3v) is 6.64. The second-order valence-electron chi connectivity index (χ2n) is 9.26. The zero-order valence-electron chi connectivity index (χ0n) is 19.8. The highest BCUT2D eigenvalue weighted by Gasteiger charge is 2.43. The molecule has 2 aromatic carbocycles. The number of hydrogen-bond donors (Lipinski definition) is 3. The Morgan fingerprint density at radius 3 is 2.53 bits per heavy atom. The fraction of sp³-hybridized carbons (Fsp3) is 0.423. The van der Waals surface area contributed by atoms with Gasteiger partial charge in [0.05, 0.1) is 6.04 Å². The molecule has 2 saturated heterocycles. The van der Waals surface area contributed by atoms with Crippen LogP contribution in [-0.4, -0.2) is 67.9 Å². The first-order valence-corrected chi connectivity index (χ1v) is 11.8. The Morgan fingerprint density at radius 1 is 1.09 bits per heavy atom. The molecule has 34 heavy (non-hydrogen) atoms. The molecule has 3 N–H and O–H groups in total. The lowest BCUT2D eigenvalue weighted by Gasteiger charge is -2.37. The molecule has 2 aliphatic heterocycles. The summed E-state index contributed by atoms with van der Waals surface area (Å²) in [4.78, 5) is 41.7. The fourth-order valence-corrected chi connectivity index (χ4v) is 4.71. The second kappa shape index (κ2) is 10.7. The normalized spacial score (nSPS) is 21.9. The van der Waals surface area contributed by atoms with Crippen LogP contribution in [0.4, 0.5) is 5.69 Å². The number of rotatable bonds is 8. The van der Waals surface area contributed by atoms with Crippen molar-refractivity contribution in [2.75, 3.05) is 32.1 Å². The van der Waals surface area contributed by atoms with Crippen molar-refractivity contribution in [1.82, 2.24) is 20.9 Å². The molecule has 2 fully saturated rings. The molecular weight excluding hydrogens is 430 g/mol. The minimum absolute atomic E-state index is 0.00234. The molecule has 8 nitrogen and oxygen atoms in total. The van der Waals surface area contributed by atoms with Crippen LogP contribution in [0.2, 0.25) is 0 Å². The van der Waals surface area contributed by atoms with Gasteiger partial charge in [-0.3, -0.25) is 19.3 Å². The Kier molecular flexibility index (Phi) is 7.47. The molecule has 0 unspecified atom stereocenters. The lowest BCUT2D eigenvalue weighted by molar-refractivity contribution is -0.129. The first-order valence-electron chi connectivity index (χ1n) is 11.8. The Hall–Kier alpha value is -3.39. The summed E-state index contributed by atoms with van der Waals surface area (Å²) in [6.07, 6.45) is 1.62. The summed E-state index contributed by atoms with van der Waals surface area (Å²) in [5.74, 6) is -0.133. The van der Waals surface area contributed by atoms with Gasteiger partial charge in [-0.15, -0.1) is 0 Å². The van der Waals surface area contributed by atoms with Crippen molar-refractivity contribution in [3.05, 3.63) is 65.7 Å². The minimum Gasteiger partial charge on any atom is -0.378 e. The molecule has 8 heteroatoms. The SMILES string of the molecule is CN(C)c1ccc(C(=O)N[C@@H]2C[C@H]3C(=O)NC[C@@H](CCC(=O)NCc4ccccc4)N3C2)cc1. The van der Waals surface area contributed by atoms with Gasteiger partial charge in [0.2, 0.25) is 11.8 Å². The number of piperazine rings is 1. The molecule has 3 amide bonds. The highest BCUT2D eigenvalue weighted by atomic mass is 16.2. The van der Waals surface area contributed by atoms with Crippen molar-refractivity contribution in [1.29, 1.82) is 0 Å². The number of carbonyl (C=O) groups excluding carboxylic acids is 3. The molecule has 0 aliphatic carbocycles. The van der Waals surface area contributed by atoms with Crippen molar-refractivity contribution in [2.45, 2.75) is 43.9 Å². The van der Waals surface area contributed by atoms with Crippen molar-refractivity contribution in [3.63, 3.8) is 0 Å². The summed E-state index contributed by atoms with van der Waals surface area (Å²) < 4.78 is 0. The lowest BCUT2D eigenvalue weighted by atomic mass is 10.0. The standard InChI is InChI=1S/C26H33N5O3/c1-30(2)21-10-8-19(9-11-21)25(33)29-20-14-23-26(34)28-16-22(31(23)17-20)12-13-24(32)27-15-18-6-4-3-5-7-18/h3-11,20,22-23H,12-17H2,1-2H3,(H,27,32)(H,28,34)(H,29,33)/t20-,22-,23+/m1/s1. The van der Waals surface area contributed by atoms with Crippen LogP contribution in [0.15, 0.2) is 54.6 Å². The van der Waals surface area contributed by atoms with Crippen LogP contribution in [0.5, 0.6) is 0 Å². The lowest BCUT2D eigenvalue weighted by Crippen LogP contribution is -2.58. The van der Waals surface area contributed by atoms with Crippen LogP contribution >= 0.6 is 0 Å². The van der Waals surface area contributed by atoms with Crippen LogP contribution < -0.4 is 20.9 Å². The van der Waals surface area contributed by atoms with Gasteiger partial charge in [0.15, 0.2) is 0 Å². The molecule has 180 valence electrons. The van der Waals surface area contributed by atoms with E-state index in [2.05, 4.69) is 20.9 Å². The minimum atomic E-state index is -0.271. The van der Waals surface area contributed by atoms with Crippen molar-refractivity contribution in [3.8, 4) is 0 Å². The van der Waals surface area contributed by atoms with Gasteiger partial charge in [0, 0.05) is 63.5 Å². The first-order chi connectivity index (χ1) is 16.4. The van der Waals surface area contributed by atoms with Crippen LogP contribution in [0, 0.1) is 0 Å². The summed E-state index contributed by atoms with van der Waals surface area (Å²) in [6.45, 7) is 1.64. The zero-order chi connectivity index (χ0) is 24.1. The smallest absolute Gasteiger partial charge is 0.251 e. The molecule has 2 aliphatic rings. The summed E-state index contributed by atoms with van der Waals surface area (Å²) in [6, 6.07) is 17.0. The summed E-state index contributed by atoms with van der Waals surface area (Å²) >= 11 is 0. The van der Waals surface area contributed by atoms with E-state index in [1.165, 1.54) is 0 Å². The number of anilines is 1. The van der Waals surface area contributed by atoms with Gasteiger partial charge >= 0.3 is 0 Å². The Labute approximate surface area is 200 Å². The number of hydrogen-bond acceptors (Lipinski definition) is 5. The van der Waals surface area contributed by atoms with Crippen LogP contribution in [0.1, 0.15) is 35.2 Å². The van der Waals surface area contributed by atoms with E-state index in [4.69, 9.17) is 0 Å². The molecule has 0 radical (unpaired) electrons. The van der Waals surface area contributed by atoms with Crippen LogP contribution in [0.25, 0.3) is 0 Å². The van der Waals surface area contributed by atoms with E-state index in [1.54, 1.807) is 0 Å². The van der Waals surface area contributed by atoms with E-state index in [9.17, 15) is 14.4 Å². The summed E-state index contributed by atoms with van der Waals surface area (Å²) in [5.41, 5.74) is 2.70. The molecule has 4 rings (SSSR count). The van der Waals surface area contributed by atoms with Gasteiger partial charge < -0.3 is 20.9 Å². The van der Waals surface area contributed by atoms with E-state index in [0.29, 0.717) is 44.5 Å². The molecule has 0 aromatic heterocycles. The molecule has 0 saturated carbocycles.